The van der Waals surface area contributed by atoms with Gasteiger partial charge in [-0.1, -0.05) is 24.3 Å². The molecule has 1 amide bonds. The highest BCUT2D eigenvalue weighted by Crippen LogP contribution is 2.34. The van der Waals surface area contributed by atoms with Crippen molar-refractivity contribution >= 4 is 38.1 Å². The van der Waals surface area contributed by atoms with Crippen molar-refractivity contribution in [1.82, 2.24) is 5.01 Å². The average molecular weight is 478 g/mol. The molecule has 0 saturated carbocycles. The zero-order valence-electron chi connectivity index (χ0n) is 18.7. The smallest absolute Gasteiger partial charge is 0.262 e. The van der Waals surface area contributed by atoms with Crippen molar-refractivity contribution in [3.05, 3.63) is 84.0 Å². The summed E-state index contributed by atoms with van der Waals surface area (Å²) >= 11 is 0. The lowest BCUT2D eigenvalue weighted by atomic mass is 10.1. The molecule has 9 heteroatoms. The lowest BCUT2D eigenvalue weighted by Gasteiger charge is -2.20. The molecule has 1 aliphatic rings. The van der Waals surface area contributed by atoms with E-state index in [-0.39, 0.29) is 17.3 Å². The molecule has 0 spiro atoms. The summed E-state index contributed by atoms with van der Waals surface area (Å²) in [6.07, 6.45) is 3.16. The predicted octanol–water partition coefficient (Wildman–Crippen LogP) is 4.53. The molecule has 0 fully saturated rings. The number of para-hydroxylation sites is 1. The minimum Gasteiger partial charge on any atom is -0.467 e. The van der Waals surface area contributed by atoms with E-state index in [1.54, 1.807) is 24.5 Å². The summed E-state index contributed by atoms with van der Waals surface area (Å²) in [4.78, 5) is 13.4. The first-order valence-electron chi connectivity index (χ1n) is 10.8. The number of fused-ring (bicyclic) bond motifs is 1. The van der Waals surface area contributed by atoms with E-state index in [1.165, 1.54) is 11.1 Å². The van der Waals surface area contributed by atoms with Gasteiger partial charge in [-0.25, -0.2) is 13.4 Å². The Balaban J connectivity index is 1.41. The molecule has 0 saturated heterocycles. The SMILES string of the molecule is Cc1ccc(S(C)(=O)=O)cc1NCC(=O)N1N=C(c2cc3ccccc3o2)CC1c1ccco1. The number of sulfone groups is 1. The van der Waals surface area contributed by atoms with Crippen molar-refractivity contribution in [2.75, 3.05) is 18.1 Å². The molecule has 2 aromatic heterocycles. The quantitative estimate of drug-likeness (QED) is 0.438. The van der Waals surface area contributed by atoms with Crippen molar-refractivity contribution in [3.8, 4) is 0 Å². The number of amides is 1. The molecule has 1 aliphatic heterocycles. The number of hydrazone groups is 1. The second kappa shape index (κ2) is 8.49. The maximum Gasteiger partial charge on any atom is 0.262 e. The summed E-state index contributed by atoms with van der Waals surface area (Å²) in [6.45, 7) is 1.78. The van der Waals surface area contributed by atoms with Crippen LogP contribution in [0, 0.1) is 6.92 Å². The normalized spacial score (nSPS) is 16.1. The monoisotopic (exact) mass is 477 g/mol. The van der Waals surface area contributed by atoms with Gasteiger partial charge in [-0.2, -0.15) is 5.10 Å². The molecular weight excluding hydrogens is 454 g/mol. The number of hydrogen-bond acceptors (Lipinski definition) is 7. The van der Waals surface area contributed by atoms with Crippen LogP contribution in [0.15, 0.2) is 85.8 Å². The standard InChI is InChI=1S/C25H23N3O5S/c1-16-9-10-18(34(2,30)31)13-19(16)26-15-25(29)28-21(23-8-5-11-32-23)14-20(27-28)24-12-17-6-3-4-7-22(17)33-24/h3-13,21,26H,14-15H2,1-2H3. The molecule has 0 bridgehead atoms. The Labute approximate surface area is 196 Å². The van der Waals surface area contributed by atoms with Gasteiger partial charge in [0.15, 0.2) is 15.6 Å². The van der Waals surface area contributed by atoms with Gasteiger partial charge < -0.3 is 14.2 Å². The maximum absolute atomic E-state index is 13.2. The highest BCUT2D eigenvalue weighted by atomic mass is 32.2. The number of rotatable bonds is 6. The van der Waals surface area contributed by atoms with E-state index in [9.17, 15) is 13.2 Å². The third-order valence-electron chi connectivity index (χ3n) is 5.81. The Morgan fingerprint density at radius 2 is 1.97 bits per heavy atom. The molecule has 1 atom stereocenters. The van der Waals surface area contributed by atoms with Crippen molar-refractivity contribution in [3.63, 3.8) is 0 Å². The number of nitrogens with zero attached hydrogens (tertiary/aromatic N) is 2. The van der Waals surface area contributed by atoms with Crippen LogP contribution in [-0.2, 0) is 14.6 Å². The van der Waals surface area contributed by atoms with Crippen LogP contribution in [0.3, 0.4) is 0 Å². The predicted molar refractivity (Wildman–Crippen MR) is 128 cm³/mol. The summed E-state index contributed by atoms with van der Waals surface area (Å²) in [5.74, 6) is 0.952. The van der Waals surface area contributed by atoms with E-state index in [2.05, 4.69) is 10.4 Å². The van der Waals surface area contributed by atoms with E-state index < -0.39 is 15.9 Å². The second-order valence-electron chi connectivity index (χ2n) is 8.27. The maximum atomic E-state index is 13.2. The van der Waals surface area contributed by atoms with Gasteiger partial charge in [0.2, 0.25) is 0 Å². The fourth-order valence-corrected chi connectivity index (χ4v) is 4.64. The Hall–Kier alpha value is -3.85. The largest absolute Gasteiger partial charge is 0.467 e. The van der Waals surface area contributed by atoms with Crippen LogP contribution in [0.25, 0.3) is 11.0 Å². The highest BCUT2D eigenvalue weighted by molar-refractivity contribution is 7.90. The molecule has 4 aromatic rings. The van der Waals surface area contributed by atoms with Gasteiger partial charge in [0.1, 0.15) is 23.1 Å². The summed E-state index contributed by atoms with van der Waals surface area (Å²) in [7, 11) is -3.36. The number of aryl methyl sites for hydroxylation is 1. The molecule has 8 nitrogen and oxygen atoms in total. The van der Waals surface area contributed by atoms with Gasteiger partial charge in [0, 0.05) is 23.8 Å². The third kappa shape index (κ3) is 4.22. The van der Waals surface area contributed by atoms with E-state index in [4.69, 9.17) is 8.83 Å². The zero-order chi connectivity index (χ0) is 23.9. The minimum atomic E-state index is -3.36. The number of furan rings is 2. The van der Waals surface area contributed by atoms with Crippen LogP contribution in [0.1, 0.15) is 29.5 Å². The second-order valence-corrected chi connectivity index (χ2v) is 10.3. The van der Waals surface area contributed by atoms with Gasteiger partial charge in [0.05, 0.1) is 17.7 Å². The van der Waals surface area contributed by atoms with E-state index in [0.29, 0.717) is 29.3 Å². The zero-order valence-corrected chi connectivity index (χ0v) is 19.5. The van der Waals surface area contributed by atoms with Crippen LogP contribution in [0.5, 0.6) is 0 Å². The Bertz CT molecular complexity index is 1470. The molecule has 3 heterocycles. The van der Waals surface area contributed by atoms with Crippen LogP contribution < -0.4 is 5.32 Å². The summed E-state index contributed by atoms with van der Waals surface area (Å²) in [5, 5.41) is 10.0. The number of anilines is 1. The summed E-state index contributed by atoms with van der Waals surface area (Å²) < 4.78 is 35.4. The molecule has 0 radical (unpaired) electrons. The Kier molecular flexibility index (Phi) is 5.49. The van der Waals surface area contributed by atoms with Gasteiger partial charge >= 0.3 is 0 Å². The van der Waals surface area contributed by atoms with Gasteiger partial charge in [-0.15, -0.1) is 0 Å². The minimum absolute atomic E-state index is 0.0673. The first-order valence-corrected chi connectivity index (χ1v) is 12.7. The number of carbonyl (C=O) groups excluding carboxylic acids is 1. The number of nitrogens with one attached hydrogen (secondary N) is 1. The molecule has 2 aromatic carbocycles. The van der Waals surface area contributed by atoms with E-state index in [1.807, 2.05) is 43.3 Å². The number of benzene rings is 2. The van der Waals surface area contributed by atoms with Gasteiger partial charge in [-0.05, 0) is 48.9 Å². The summed E-state index contributed by atoms with van der Waals surface area (Å²) in [6, 6.07) is 17.6. The van der Waals surface area contributed by atoms with Crippen molar-refractivity contribution in [1.29, 1.82) is 0 Å². The molecule has 1 unspecified atom stereocenters. The Morgan fingerprint density at radius 1 is 1.15 bits per heavy atom. The lowest BCUT2D eigenvalue weighted by Crippen LogP contribution is -2.32. The number of carbonyl (C=O) groups is 1. The molecule has 5 rings (SSSR count). The lowest BCUT2D eigenvalue weighted by molar-refractivity contribution is -0.131. The number of hydrogen-bond donors (Lipinski definition) is 1. The molecule has 174 valence electrons. The highest BCUT2D eigenvalue weighted by Gasteiger charge is 2.35. The topological polar surface area (TPSA) is 105 Å². The molecule has 34 heavy (non-hydrogen) atoms. The first-order chi connectivity index (χ1) is 16.3. The van der Waals surface area contributed by atoms with Crippen molar-refractivity contribution in [2.45, 2.75) is 24.3 Å². The third-order valence-corrected chi connectivity index (χ3v) is 6.92. The van der Waals surface area contributed by atoms with Crippen LogP contribution in [-0.4, -0.2) is 37.8 Å². The fraction of sp³-hybridized carbons (Fsp3) is 0.200. The van der Waals surface area contributed by atoms with Gasteiger partial charge in [0.25, 0.3) is 5.91 Å². The van der Waals surface area contributed by atoms with Crippen LogP contribution in [0.4, 0.5) is 5.69 Å². The van der Waals surface area contributed by atoms with Crippen LogP contribution in [0.2, 0.25) is 0 Å². The van der Waals surface area contributed by atoms with Crippen LogP contribution >= 0.6 is 0 Å². The molecule has 1 N–H and O–H groups in total. The summed E-state index contributed by atoms with van der Waals surface area (Å²) in [5.41, 5.74) is 2.81. The van der Waals surface area contributed by atoms with E-state index in [0.717, 1.165) is 22.8 Å². The van der Waals surface area contributed by atoms with E-state index >= 15 is 0 Å². The molecule has 0 aliphatic carbocycles. The fourth-order valence-electron chi connectivity index (χ4n) is 3.99. The Morgan fingerprint density at radius 3 is 2.71 bits per heavy atom. The molecular formula is C25H23N3O5S. The van der Waals surface area contributed by atoms with Gasteiger partial charge in [-0.3, -0.25) is 4.79 Å². The average Bonchev–Trinajstić information content (AvgIpc) is 3.56. The van der Waals surface area contributed by atoms with Crippen molar-refractivity contribution < 1.29 is 22.0 Å². The van der Waals surface area contributed by atoms with Crippen molar-refractivity contribution in [2.24, 2.45) is 5.10 Å². The first kappa shape index (κ1) is 22.0.